The smallest absolute Gasteiger partial charge is 0.123 e. The molecule has 1 aromatic rings. The molecular weight excluding hydrogens is 226 g/mol. The normalized spacial score (nSPS) is 28.0. The van der Waals surface area contributed by atoms with E-state index in [1.54, 1.807) is 25.3 Å². The molecule has 0 heterocycles. The van der Waals surface area contributed by atoms with Gasteiger partial charge in [0.15, 0.2) is 0 Å². The Labute approximate surface area is 99.2 Å². The summed E-state index contributed by atoms with van der Waals surface area (Å²) >= 11 is 5.93. The monoisotopic (exact) mass is 237 g/mol. The van der Waals surface area contributed by atoms with Crippen LogP contribution in [0.15, 0.2) is 18.2 Å². The second-order valence-corrected chi connectivity index (χ2v) is 4.54. The summed E-state index contributed by atoms with van der Waals surface area (Å²) in [6.07, 6.45) is 0.490. The highest BCUT2D eigenvalue weighted by atomic mass is 35.5. The Kier molecular flexibility index (Phi) is 2.79. The number of hydrogen-bond donors (Lipinski definition) is 1. The van der Waals surface area contributed by atoms with Gasteiger partial charge >= 0.3 is 0 Å². The summed E-state index contributed by atoms with van der Waals surface area (Å²) in [5.74, 6) is 0.651. The third-order valence-electron chi connectivity index (χ3n) is 3.06. The Morgan fingerprint density at radius 1 is 1.56 bits per heavy atom. The summed E-state index contributed by atoms with van der Waals surface area (Å²) in [6.45, 7) is 0. The second kappa shape index (κ2) is 3.97. The summed E-state index contributed by atoms with van der Waals surface area (Å²) in [5.41, 5.74) is 0.130. The van der Waals surface area contributed by atoms with Gasteiger partial charge in [0.1, 0.15) is 5.75 Å². The molecule has 2 rings (SSSR count). The van der Waals surface area contributed by atoms with Crippen molar-refractivity contribution in [1.29, 1.82) is 5.26 Å². The van der Waals surface area contributed by atoms with Crippen molar-refractivity contribution in [3.8, 4) is 11.8 Å². The van der Waals surface area contributed by atoms with E-state index < -0.39 is 11.5 Å². The molecule has 16 heavy (non-hydrogen) atoms. The van der Waals surface area contributed by atoms with Crippen molar-refractivity contribution in [2.24, 2.45) is 0 Å². The first-order valence-electron chi connectivity index (χ1n) is 5.04. The number of benzene rings is 1. The van der Waals surface area contributed by atoms with E-state index in [0.717, 1.165) is 5.56 Å². The van der Waals surface area contributed by atoms with Gasteiger partial charge in [-0.25, -0.2) is 0 Å². The van der Waals surface area contributed by atoms with E-state index in [1.807, 2.05) is 0 Å². The Morgan fingerprint density at radius 3 is 2.75 bits per heavy atom. The van der Waals surface area contributed by atoms with Crippen LogP contribution in [0.4, 0.5) is 0 Å². The van der Waals surface area contributed by atoms with Gasteiger partial charge in [-0.15, -0.1) is 0 Å². The quantitative estimate of drug-likeness (QED) is 0.859. The van der Waals surface area contributed by atoms with E-state index in [1.165, 1.54) is 0 Å². The Balaban J connectivity index is 2.46. The number of nitrogens with zero attached hydrogens (tertiary/aromatic N) is 1. The summed E-state index contributed by atoms with van der Waals surface area (Å²) in [6, 6.07) is 7.49. The van der Waals surface area contributed by atoms with Crippen LogP contribution >= 0.6 is 11.6 Å². The molecule has 0 aliphatic heterocycles. The van der Waals surface area contributed by atoms with Crippen LogP contribution in [0.1, 0.15) is 18.4 Å². The maximum atomic E-state index is 9.38. The summed E-state index contributed by atoms with van der Waals surface area (Å²) < 4.78 is 5.23. The maximum absolute atomic E-state index is 9.38. The van der Waals surface area contributed by atoms with Crippen molar-refractivity contribution in [2.45, 2.75) is 24.4 Å². The molecule has 1 fully saturated rings. The Morgan fingerprint density at radius 2 is 2.25 bits per heavy atom. The highest BCUT2D eigenvalue weighted by molar-refractivity contribution is 6.30. The van der Waals surface area contributed by atoms with Gasteiger partial charge in [-0.1, -0.05) is 11.6 Å². The fraction of sp³-hybridized carbons (Fsp3) is 0.417. The molecule has 0 spiro atoms. The summed E-state index contributed by atoms with van der Waals surface area (Å²) in [7, 11) is 1.56. The van der Waals surface area contributed by atoms with Crippen molar-refractivity contribution in [2.75, 3.05) is 7.11 Å². The van der Waals surface area contributed by atoms with E-state index in [0.29, 0.717) is 23.6 Å². The highest BCUT2D eigenvalue weighted by Gasteiger charge is 2.47. The lowest BCUT2D eigenvalue weighted by atomic mass is 9.63. The fourth-order valence-corrected chi connectivity index (χ4v) is 2.34. The number of aliphatic hydroxyl groups is 1. The van der Waals surface area contributed by atoms with E-state index in [9.17, 15) is 10.4 Å². The van der Waals surface area contributed by atoms with Gasteiger partial charge in [0.25, 0.3) is 0 Å². The minimum atomic E-state index is -0.643. The number of aliphatic hydroxyl groups excluding tert-OH is 1. The van der Waals surface area contributed by atoms with Crippen molar-refractivity contribution < 1.29 is 9.84 Å². The third kappa shape index (κ3) is 1.64. The molecule has 1 aliphatic rings. The van der Waals surface area contributed by atoms with E-state index in [2.05, 4.69) is 6.07 Å². The second-order valence-electron chi connectivity index (χ2n) is 4.10. The molecule has 1 aromatic carbocycles. The average molecular weight is 238 g/mol. The third-order valence-corrected chi connectivity index (χ3v) is 3.29. The zero-order chi connectivity index (χ0) is 11.8. The van der Waals surface area contributed by atoms with Crippen LogP contribution in [0.25, 0.3) is 0 Å². The average Bonchev–Trinajstić information content (AvgIpc) is 2.24. The van der Waals surface area contributed by atoms with Crippen LogP contribution in [0, 0.1) is 11.3 Å². The van der Waals surface area contributed by atoms with Gasteiger partial charge in [-0.3, -0.25) is 0 Å². The molecule has 1 N–H and O–H groups in total. The van der Waals surface area contributed by atoms with Gasteiger partial charge in [0.05, 0.1) is 24.7 Å². The van der Waals surface area contributed by atoms with Crippen LogP contribution in [-0.2, 0) is 5.41 Å². The lowest BCUT2D eigenvalue weighted by Crippen LogP contribution is -2.43. The molecule has 0 atom stereocenters. The number of hydrogen-bond acceptors (Lipinski definition) is 3. The molecule has 0 unspecified atom stereocenters. The van der Waals surface area contributed by atoms with Gasteiger partial charge in [-0.05, 0) is 31.0 Å². The van der Waals surface area contributed by atoms with Crippen molar-refractivity contribution in [3.63, 3.8) is 0 Å². The molecule has 3 nitrogen and oxygen atoms in total. The molecular formula is C12H12ClNO2. The Bertz CT molecular complexity index is 447. The van der Waals surface area contributed by atoms with Crippen LogP contribution < -0.4 is 4.74 Å². The predicted octanol–water partition coefficient (Wildman–Crippen LogP) is 2.26. The number of ether oxygens (including phenoxy) is 1. The number of rotatable bonds is 2. The summed E-state index contributed by atoms with van der Waals surface area (Å²) in [4.78, 5) is 0. The standard InChI is InChI=1S/C12H12ClNO2/c1-16-11-3-2-8(13)4-10(11)12(7-14)5-9(15)6-12/h2-4,9,15H,5-6H2,1H3. The zero-order valence-electron chi connectivity index (χ0n) is 8.90. The molecule has 0 radical (unpaired) electrons. The summed E-state index contributed by atoms with van der Waals surface area (Å²) in [5, 5.41) is 19.2. The van der Waals surface area contributed by atoms with Crippen molar-refractivity contribution >= 4 is 11.6 Å². The number of nitriles is 1. The molecule has 0 amide bonds. The van der Waals surface area contributed by atoms with E-state index in [-0.39, 0.29) is 0 Å². The topological polar surface area (TPSA) is 53.2 Å². The van der Waals surface area contributed by atoms with Gasteiger partial charge in [-0.2, -0.15) is 5.26 Å². The van der Waals surface area contributed by atoms with Gasteiger partial charge < -0.3 is 9.84 Å². The lowest BCUT2D eigenvalue weighted by Gasteiger charge is -2.40. The molecule has 0 bridgehead atoms. The SMILES string of the molecule is COc1ccc(Cl)cc1C1(C#N)CC(O)C1. The van der Waals surface area contributed by atoms with Crippen molar-refractivity contribution in [1.82, 2.24) is 0 Å². The molecule has 1 saturated carbocycles. The highest BCUT2D eigenvalue weighted by Crippen LogP contribution is 2.47. The molecule has 0 saturated heterocycles. The van der Waals surface area contributed by atoms with Crippen LogP contribution in [-0.4, -0.2) is 18.3 Å². The van der Waals surface area contributed by atoms with Gasteiger partial charge in [0, 0.05) is 10.6 Å². The lowest BCUT2D eigenvalue weighted by molar-refractivity contribution is 0.0437. The van der Waals surface area contributed by atoms with E-state index >= 15 is 0 Å². The minimum Gasteiger partial charge on any atom is -0.496 e. The maximum Gasteiger partial charge on any atom is 0.123 e. The minimum absolute atomic E-state index is 0.400. The first kappa shape index (κ1) is 11.3. The zero-order valence-corrected chi connectivity index (χ0v) is 9.66. The van der Waals surface area contributed by atoms with Crippen LogP contribution in [0.2, 0.25) is 5.02 Å². The van der Waals surface area contributed by atoms with Gasteiger partial charge in [0.2, 0.25) is 0 Å². The number of methoxy groups -OCH3 is 1. The molecule has 0 aromatic heterocycles. The number of halogens is 1. The molecule has 4 heteroatoms. The van der Waals surface area contributed by atoms with Crippen LogP contribution in [0.5, 0.6) is 5.75 Å². The predicted molar refractivity (Wildman–Crippen MR) is 60.5 cm³/mol. The van der Waals surface area contributed by atoms with Crippen LogP contribution in [0.3, 0.4) is 0 Å². The Hall–Kier alpha value is -1.24. The largest absolute Gasteiger partial charge is 0.496 e. The van der Waals surface area contributed by atoms with Crippen molar-refractivity contribution in [3.05, 3.63) is 28.8 Å². The van der Waals surface area contributed by atoms with E-state index in [4.69, 9.17) is 16.3 Å². The fourth-order valence-electron chi connectivity index (χ4n) is 2.17. The first-order chi connectivity index (χ1) is 7.61. The molecule has 1 aliphatic carbocycles. The molecule has 84 valence electrons. The first-order valence-corrected chi connectivity index (χ1v) is 5.42.